The highest BCUT2D eigenvalue weighted by Crippen LogP contribution is 2.25. The van der Waals surface area contributed by atoms with Crippen LogP contribution in [0.15, 0.2) is 24.3 Å². The molecule has 1 aliphatic rings. The molecule has 124 valence electrons. The molecule has 0 bridgehead atoms. The maximum absolute atomic E-state index is 4.76. The zero-order chi connectivity index (χ0) is 16.4. The quantitative estimate of drug-likeness (QED) is 0.943. The van der Waals surface area contributed by atoms with Crippen molar-refractivity contribution in [1.29, 1.82) is 0 Å². The Morgan fingerprint density at radius 3 is 2.35 bits per heavy atom. The Hall–Kier alpha value is -1.72. The molecule has 1 fully saturated rings. The van der Waals surface area contributed by atoms with Gasteiger partial charge in [-0.25, -0.2) is 9.67 Å². The lowest BCUT2D eigenvalue weighted by molar-refractivity contribution is 0.228. The molecule has 5 nitrogen and oxygen atoms in total. The van der Waals surface area contributed by atoms with Gasteiger partial charge in [-0.2, -0.15) is 5.10 Å². The zero-order valence-electron chi connectivity index (χ0n) is 14.6. The smallest absolute Gasteiger partial charge is 0.165 e. The summed E-state index contributed by atoms with van der Waals surface area (Å²) in [5.41, 5.74) is 2.63. The van der Waals surface area contributed by atoms with Gasteiger partial charge in [-0.05, 0) is 11.0 Å². The average Bonchev–Trinajstić information content (AvgIpc) is 2.88. The van der Waals surface area contributed by atoms with E-state index in [0.717, 1.165) is 49.9 Å². The maximum Gasteiger partial charge on any atom is 0.165 e. The highest BCUT2D eigenvalue weighted by molar-refractivity contribution is 5.56. The van der Waals surface area contributed by atoms with Gasteiger partial charge in [0.25, 0.3) is 0 Å². The van der Waals surface area contributed by atoms with E-state index in [0.29, 0.717) is 0 Å². The minimum atomic E-state index is 0.172. The van der Waals surface area contributed by atoms with Crippen molar-refractivity contribution in [2.45, 2.75) is 32.7 Å². The molecule has 1 N–H and O–H groups in total. The maximum atomic E-state index is 4.76. The second kappa shape index (κ2) is 6.42. The van der Waals surface area contributed by atoms with E-state index in [1.165, 1.54) is 5.56 Å². The average molecular weight is 313 g/mol. The van der Waals surface area contributed by atoms with E-state index in [-0.39, 0.29) is 5.41 Å². The molecule has 0 unspecified atom stereocenters. The molecule has 1 saturated heterocycles. The van der Waals surface area contributed by atoms with Gasteiger partial charge >= 0.3 is 0 Å². The first-order valence-electron chi connectivity index (χ1n) is 8.37. The van der Waals surface area contributed by atoms with Crippen LogP contribution in [-0.4, -0.2) is 45.8 Å². The minimum absolute atomic E-state index is 0.172. The summed E-state index contributed by atoms with van der Waals surface area (Å²) in [6.45, 7) is 11.8. The third-order valence-corrected chi connectivity index (χ3v) is 4.39. The lowest BCUT2D eigenvalue weighted by Gasteiger charge is -2.25. The van der Waals surface area contributed by atoms with Gasteiger partial charge in [-0.15, -0.1) is 0 Å². The number of nitrogens with one attached hydrogen (secondary N) is 1. The van der Waals surface area contributed by atoms with E-state index >= 15 is 0 Å². The number of piperazine rings is 1. The molecule has 2 heterocycles. The summed E-state index contributed by atoms with van der Waals surface area (Å²) in [5.74, 6) is 1.85. The van der Waals surface area contributed by atoms with E-state index in [1.54, 1.807) is 0 Å². The third kappa shape index (κ3) is 3.79. The van der Waals surface area contributed by atoms with Gasteiger partial charge in [0, 0.05) is 38.8 Å². The number of hydrogen-bond acceptors (Lipinski definition) is 4. The predicted molar refractivity (Wildman–Crippen MR) is 93.3 cm³/mol. The molecule has 5 heteroatoms. The SMILES string of the molecule is Cn1nc(CN2CCNCC2)nc1-c1ccc(C(C)(C)C)cc1. The van der Waals surface area contributed by atoms with Crippen LogP contribution in [0.3, 0.4) is 0 Å². The van der Waals surface area contributed by atoms with Crippen LogP contribution in [0.5, 0.6) is 0 Å². The number of rotatable bonds is 3. The van der Waals surface area contributed by atoms with Crippen LogP contribution < -0.4 is 5.32 Å². The number of benzene rings is 1. The van der Waals surface area contributed by atoms with E-state index in [4.69, 9.17) is 4.98 Å². The van der Waals surface area contributed by atoms with Crippen LogP contribution in [0.4, 0.5) is 0 Å². The second-order valence-corrected chi connectivity index (χ2v) is 7.33. The summed E-state index contributed by atoms with van der Waals surface area (Å²) < 4.78 is 1.89. The Balaban J connectivity index is 1.77. The zero-order valence-corrected chi connectivity index (χ0v) is 14.6. The van der Waals surface area contributed by atoms with Gasteiger partial charge in [0.05, 0.1) is 6.54 Å². The first-order valence-corrected chi connectivity index (χ1v) is 8.37. The van der Waals surface area contributed by atoms with Crippen molar-refractivity contribution in [3.8, 4) is 11.4 Å². The Morgan fingerprint density at radius 1 is 1.09 bits per heavy atom. The highest BCUT2D eigenvalue weighted by Gasteiger charge is 2.16. The summed E-state index contributed by atoms with van der Waals surface area (Å²) in [4.78, 5) is 7.16. The van der Waals surface area contributed by atoms with Gasteiger partial charge in [0.2, 0.25) is 0 Å². The molecular formula is C18H27N5. The molecule has 0 spiro atoms. The fourth-order valence-corrected chi connectivity index (χ4v) is 2.94. The number of aromatic nitrogens is 3. The largest absolute Gasteiger partial charge is 0.314 e. The topological polar surface area (TPSA) is 46.0 Å². The Labute approximate surface area is 138 Å². The molecule has 1 aromatic carbocycles. The first kappa shape index (κ1) is 16.1. The normalized spacial score (nSPS) is 16.7. The highest BCUT2D eigenvalue weighted by atomic mass is 15.3. The molecule has 3 rings (SSSR count). The Kier molecular flexibility index (Phi) is 4.50. The van der Waals surface area contributed by atoms with Gasteiger partial charge < -0.3 is 5.32 Å². The fourth-order valence-electron chi connectivity index (χ4n) is 2.94. The minimum Gasteiger partial charge on any atom is -0.314 e. The van der Waals surface area contributed by atoms with Gasteiger partial charge in [0.15, 0.2) is 11.6 Å². The lowest BCUT2D eigenvalue weighted by atomic mass is 9.87. The van der Waals surface area contributed by atoms with Crippen LogP contribution in [0.1, 0.15) is 32.2 Å². The van der Waals surface area contributed by atoms with Crippen molar-refractivity contribution in [3.05, 3.63) is 35.7 Å². The first-order chi connectivity index (χ1) is 10.9. The Bertz CT molecular complexity index is 645. The molecule has 0 amide bonds. The van der Waals surface area contributed by atoms with Crippen molar-refractivity contribution >= 4 is 0 Å². The summed E-state index contributed by atoms with van der Waals surface area (Å²) in [6.07, 6.45) is 0. The van der Waals surface area contributed by atoms with E-state index in [1.807, 2.05) is 11.7 Å². The lowest BCUT2D eigenvalue weighted by Crippen LogP contribution is -2.43. The summed E-state index contributed by atoms with van der Waals surface area (Å²) in [6, 6.07) is 8.69. The van der Waals surface area contributed by atoms with Gasteiger partial charge in [-0.1, -0.05) is 45.0 Å². The summed E-state index contributed by atoms with van der Waals surface area (Å²) >= 11 is 0. The predicted octanol–water partition coefficient (Wildman–Crippen LogP) is 2.18. The van der Waals surface area contributed by atoms with Crippen molar-refractivity contribution in [2.75, 3.05) is 26.2 Å². The van der Waals surface area contributed by atoms with Gasteiger partial charge in [0.1, 0.15) is 0 Å². The fraction of sp³-hybridized carbons (Fsp3) is 0.556. The second-order valence-electron chi connectivity index (χ2n) is 7.33. The van der Waals surface area contributed by atoms with Gasteiger partial charge in [-0.3, -0.25) is 4.90 Å². The Morgan fingerprint density at radius 2 is 1.74 bits per heavy atom. The van der Waals surface area contributed by atoms with Crippen molar-refractivity contribution in [3.63, 3.8) is 0 Å². The molecule has 23 heavy (non-hydrogen) atoms. The standard InChI is InChI=1S/C18H27N5/c1-18(2,3)15-7-5-14(6-8-15)17-20-16(21-22(17)4)13-23-11-9-19-10-12-23/h5-8,19H,9-13H2,1-4H3. The summed E-state index contributed by atoms with van der Waals surface area (Å²) in [7, 11) is 1.97. The number of nitrogens with zero attached hydrogens (tertiary/aromatic N) is 4. The third-order valence-electron chi connectivity index (χ3n) is 4.39. The number of aryl methyl sites for hydroxylation is 1. The molecule has 0 aliphatic carbocycles. The molecule has 1 aliphatic heterocycles. The summed E-state index contributed by atoms with van der Waals surface area (Å²) in [5, 5.41) is 7.97. The molecular weight excluding hydrogens is 286 g/mol. The van der Waals surface area contributed by atoms with Crippen LogP contribution in [0.25, 0.3) is 11.4 Å². The van der Waals surface area contributed by atoms with Crippen molar-refractivity contribution in [1.82, 2.24) is 25.0 Å². The molecule has 1 aromatic heterocycles. The van der Waals surface area contributed by atoms with E-state index in [2.05, 4.69) is 60.4 Å². The van der Waals surface area contributed by atoms with Crippen LogP contribution in [0.2, 0.25) is 0 Å². The van der Waals surface area contributed by atoms with Crippen molar-refractivity contribution < 1.29 is 0 Å². The molecule has 0 atom stereocenters. The van der Waals surface area contributed by atoms with Crippen LogP contribution in [-0.2, 0) is 19.0 Å². The van der Waals surface area contributed by atoms with E-state index in [9.17, 15) is 0 Å². The van der Waals surface area contributed by atoms with Crippen molar-refractivity contribution in [2.24, 2.45) is 7.05 Å². The molecule has 2 aromatic rings. The molecule has 0 saturated carbocycles. The van der Waals surface area contributed by atoms with Crippen LogP contribution >= 0.6 is 0 Å². The van der Waals surface area contributed by atoms with Crippen LogP contribution in [0, 0.1) is 0 Å². The molecule has 0 radical (unpaired) electrons. The van der Waals surface area contributed by atoms with E-state index < -0.39 is 0 Å². The number of hydrogen-bond donors (Lipinski definition) is 1. The monoisotopic (exact) mass is 313 g/mol.